The first-order chi connectivity index (χ1) is 8.16. The van der Waals surface area contributed by atoms with Crippen LogP contribution in [0.15, 0.2) is 24.3 Å². The van der Waals surface area contributed by atoms with Gasteiger partial charge in [-0.15, -0.1) is 0 Å². The molecule has 1 aromatic rings. The minimum Gasteiger partial charge on any atom is -0.325 e. The minimum absolute atomic E-state index is 0.219. The van der Waals surface area contributed by atoms with Crippen molar-refractivity contribution in [1.82, 2.24) is 0 Å². The number of rotatable bonds is 2. The van der Waals surface area contributed by atoms with E-state index in [1.807, 2.05) is 0 Å². The molecule has 0 saturated carbocycles. The van der Waals surface area contributed by atoms with Gasteiger partial charge >= 0.3 is 6.18 Å². The van der Waals surface area contributed by atoms with Gasteiger partial charge in [-0.05, 0) is 38.1 Å². The molecule has 1 aromatic carbocycles. The van der Waals surface area contributed by atoms with Crippen molar-refractivity contribution in [2.45, 2.75) is 20.0 Å². The molecule has 0 spiro atoms. The Balaban J connectivity index is 2.83. The fourth-order valence-electron chi connectivity index (χ4n) is 1.08. The molecule has 3 nitrogen and oxygen atoms in total. The lowest BCUT2D eigenvalue weighted by Crippen LogP contribution is -2.29. The second-order valence-corrected chi connectivity index (χ2v) is 4.27. The van der Waals surface area contributed by atoms with Gasteiger partial charge in [-0.25, -0.2) is 0 Å². The molecule has 0 heterocycles. The van der Waals surface area contributed by atoms with E-state index in [2.05, 4.69) is 5.32 Å². The van der Waals surface area contributed by atoms with Gasteiger partial charge in [0.2, 0.25) is 5.91 Å². The number of carbonyl (C=O) groups excluding carboxylic acids is 1. The second-order valence-electron chi connectivity index (χ2n) is 4.27. The molecule has 1 rings (SSSR count). The van der Waals surface area contributed by atoms with Crippen LogP contribution in [0, 0.1) is 16.7 Å². The van der Waals surface area contributed by atoms with Crippen molar-refractivity contribution in [1.29, 1.82) is 5.26 Å². The van der Waals surface area contributed by atoms with Crippen molar-refractivity contribution in [3.63, 3.8) is 0 Å². The van der Waals surface area contributed by atoms with Crippen LogP contribution in [0.5, 0.6) is 0 Å². The Bertz CT molecular complexity index is 484. The number of nitrogens with one attached hydrogen (secondary N) is 1. The van der Waals surface area contributed by atoms with Crippen LogP contribution in [0.1, 0.15) is 19.4 Å². The van der Waals surface area contributed by atoms with Crippen molar-refractivity contribution < 1.29 is 18.0 Å². The van der Waals surface area contributed by atoms with Crippen LogP contribution in [-0.2, 0) is 11.0 Å². The molecule has 0 aromatic heterocycles. The van der Waals surface area contributed by atoms with Crippen LogP contribution in [0.3, 0.4) is 0 Å². The molecule has 0 aliphatic heterocycles. The van der Waals surface area contributed by atoms with Gasteiger partial charge in [-0.2, -0.15) is 18.4 Å². The first-order valence-corrected chi connectivity index (χ1v) is 5.07. The maximum atomic E-state index is 12.3. The molecule has 96 valence electrons. The fourth-order valence-corrected chi connectivity index (χ4v) is 1.08. The van der Waals surface area contributed by atoms with Crippen molar-refractivity contribution >= 4 is 11.6 Å². The van der Waals surface area contributed by atoms with E-state index in [-0.39, 0.29) is 5.69 Å². The summed E-state index contributed by atoms with van der Waals surface area (Å²) in [6.45, 7) is 2.85. The summed E-state index contributed by atoms with van der Waals surface area (Å²) in [5.74, 6) is -0.565. The zero-order valence-electron chi connectivity index (χ0n) is 9.80. The molecular weight excluding hydrogens is 245 g/mol. The molecule has 0 unspecified atom stereocenters. The number of benzene rings is 1. The summed E-state index contributed by atoms with van der Waals surface area (Å²) in [6.07, 6.45) is -4.41. The average Bonchev–Trinajstić information content (AvgIpc) is 2.28. The lowest BCUT2D eigenvalue weighted by molar-refractivity contribution is -0.137. The zero-order valence-corrected chi connectivity index (χ0v) is 9.80. The van der Waals surface area contributed by atoms with Gasteiger partial charge in [0.05, 0.1) is 11.6 Å². The Hall–Kier alpha value is -2.03. The average molecular weight is 256 g/mol. The Morgan fingerprint density at radius 3 is 2.11 bits per heavy atom. The van der Waals surface area contributed by atoms with Crippen LogP contribution in [0.2, 0.25) is 0 Å². The summed E-state index contributed by atoms with van der Waals surface area (Å²) in [5, 5.41) is 11.1. The summed E-state index contributed by atoms with van der Waals surface area (Å²) in [4.78, 5) is 11.6. The topological polar surface area (TPSA) is 52.9 Å². The van der Waals surface area contributed by atoms with Crippen LogP contribution in [0.25, 0.3) is 0 Å². The number of amides is 1. The molecule has 0 bridgehead atoms. The Kier molecular flexibility index (Phi) is 3.65. The predicted molar refractivity (Wildman–Crippen MR) is 59.5 cm³/mol. The van der Waals surface area contributed by atoms with Gasteiger partial charge in [0.1, 0.15) is 5.41 Å². The van der Waals surface area contributed by atoms with Crippen molar-refractivity contribution in [2.75, 3.05) is 5.32 Å². The molecule has 0 aliphatic carbocycles. The van der Waals surface area contributed by atoms with Crippen molar-refractivity contribution in [3.05, 3.63) is 29.8 Å². The predicted octanol–water partition coefficient (Wildman–Crippen LogP) is 3.19. The lowest BCUT2D eigenvalue weighted by atomic mass is 9.94. The van der Waals surface area contributed by atoms with E-state index in [1.54, 1.807) is 6.07 Å². The largest absolute Gasteiger partial charge is 0.416 e. The van der Waals surface area contributed by atoms with Crippen LogP contribution in [-0.4, -0.2) is 5.91 Å². The molecule has 6 heteroatoms. The molecule has 0 saturated heterocycles. The van der Waals surface area contributed by atoms with E-state index in [4.69, 9.17) is 5.26 Å². The summed E-state index contributed by atoms with van der Waals surface area (Å²) < 4.78 is 36.9. The van der Waals surface area contributed by atoms with E-state index in [0.29, 0.717) is 0 Å². The number of alkyl halides is 3. The van der Waals surface area contributed by atoms with E-state index < -0.39 is 23.1 Å². The SMILES string of the molecule is CC(C)(C#N)C(=O)Nc1ccc(C(F)(F)F)cc1. The number of hydrogen-bond donors (Lipinski definition) is 1. The summed E-state index contributed by atoms with van der Waals surface area (Å²) in [5.41, 5.74) is -1.81. The maximum absolute atomic E-state index is 12.3. The number of nitrogens with zero attached hydrogens (tertiary/aromatic N) is 1. The Labute approximate surface area is 102 Å². The number of anilines is 1. The summed E-state index contributed by atoms with van der Waals surface area (Å²) in [6, 6.07) is 5.84. The first-order valence-electron chi connectivity index (χ1n) is 5.07. The minimum atomic E-state index is -4.41. The molecule has 0 aliphatic rings. The molecule has 1 amide bonds. The van der Waals surface area contributed by atoms with Gasteiger partial charge in [0.25, 0.3) is 0 Å². The van der Waals surface area contributed by atoms with Crippen LogP contribution >= 0.6 is 0 Å². The van der Waals surface area contributed by atoms with Crippen molar-refractivity contribution in [3.8, 4) is 6.07 Å². The lowest BCUT2D eigenvalue weighted by Gasteiger charge is -2.15. The number of hydrogen-bond acceptors (Lipinski definition) is 2. The van der Waals surface area contributed by atoms with Gasteiger partial charge < -0.3 is 5.32 Å². The third-order valence-electron chi connectivity index (χ3n) is 2.32. The quantitative estimate of drug-likeness (QED) is 0.883. The molecule has 0 atom stereocenters. The van der Waals surface area contributed by atoms with E-state index in [9.17, 15) is 18.0 Å². The highest BCUT2D eigenvalue weighted by molar-refractivity contribution is 5.96. The van der Waals surface area contributed by atoms with Crippen molar-refractivity contribution in [2.24, 2.45) is 5.41 Å². The third kappa shape index (κ3) is 3.23. The monoisotopic (exact) mass is 256 g/mol. The maximum Gasteiger partial charge on any atom is 0.416 e. The van der Waals surface area contributed by atoms with Gasteiger partial charge in [-0.1, -0.05) is 0 Å². The standard InChI is InChI=1S/C12H11F3N2O/c1-11(2,7-16)10(18)17-9-5-3-8(4-6-9)12(13,14)15/h3-6H,1-2H3,(H,17,18). The number of halogens is 3. The highest BCUT2D eigenvalue weighted by Crippen LogP contribution is 2.30. The molecule has 18 heavy (non-hydrogen) atoms. The van der Waals surface area contributed by atoms with Gasteiger partial charge in [-0.3, -0.25) is 4.79 Å². The second kappa shape index (κ2) is 4.69. The fraction of sp³-hybridized carbons (Fsp3) is 0.333. The number of nitriles is 1. The normalized spacial score (nSPS) is 11.8. The summed E-state index contributed by atoms with van der Waals surface area (Å²) >= 11 is 0. The molecule has 1 N–H and O–H groups in total. The van der Waals surface area contributed by atoms with E-state index >= 15 is 0 Å². The molecular formula is C12H11F3N2O. The smallest absolute Gasteiger partial charge is 0.325 e. The third-order valence-corrected chi connectivity index (χ3v) is 2.32. The molecule has 0 radical (unpaired) electrons. The van der Waals surface area contributed by atoms with E-state index in [0.717, 1.165) is 24.3 Å². The highest BCUT2D eigenvalue weighted by Gasteiger charge is 2.30. The molecule has 0 fully saturated rings. The Morgan fingerprint density at radius 2 is 1.72 bits per heavy atom. The van der Waals surface area contributed by atoms with Crippen LogP contribution in [0.4, 0.5) is 18.9 Å². The Morgan fingerprint density at radius 1 is 1.22 bits per heavy atom. The van der Waals surface area contributed by atoms with Gasteiger partial charge in [0.15, 0.2) is 0 Å². The van der Waals surface area contributed by atoms with E-state index in [1.165, 1.54) is 13.8 Å². The first kappa shape index (κ1) is 14.0. The van der Waals surface area contributed by atoms with Crippen LogP contribution < -0.4 is 5.32 Å². The summed E-state index contributed by atoms with van der Waals surface area (Å²) in [7, 11) is 0. The zero-order chi connectivity index (χ0) is 14.0. The number of carbonyl (C=O) groups is 1. The highest BCUT2D eigenvalue weighted by atomic mass is 19.4. The van der Waals surface area contributed by atoms with Gasteiger partial charge in [0, 0.05) is 5.69 Å².